The van der Waals surface area contributed by atoms with Crippen molar-refractivity contribution >= 4 is 45.8 Å². The number of hydrogen-bond donors (Lipinski definition) is 0. The molecular weight excluding hydrogens is 346 g/mol. The molecule has 0 N–H and O–H groups in total. The Balaban J connectivity index is 2.49. The van der Waals surface area contributed by atoms with E-state index < -0.39 is 0 Å². The molecule has 1 aromatic heterocycles. The van der Waals surface area contributed by atoms with Gasteiger partial charge in [-0.05, 0) is 23.8 Å². The molecule has 0 aliphatic rings. The highest BCUT2D eigenvalue weighted by atomic mass is 127. The lowest BCUT2D eigenvalue weighted by atomic mass is 10.1. The lowest BCUT2D eigenvalue weighted by molar-refractivity contribution is 1.11. The summed E-state index contributed by atoms with van der Waals surface area (Å²) in [5, 5.41) is 1.21. The maximum Gasteiger partial charge on any atom is 0.190 e. The predicted molar refractivity (Wildman–Crippen MR) is 70.2 cm³/mol. The van der Waals surface area contributed by atoms with E-state index in [1.54, 1.807) is 18.5 Å². The van der Waals surface area contributed by atoms with Crippen molar-refractivity contribution in [2.45, 2.75) is 0 Å². The van der Waals surface area contributed by atoms with Crippen LogP contribution in [-0.4, -0.2) is 9.97 Å². The van der Waals surface area contributed by atoms with Crippen molar-refractivity contribution < 1.29 is 0 Å². The number of halogens is 3. The van der Waals surface area contributed by atoms with Crippen LogP contribution in [0.4, 0.5) is 0 Å². The highest BCUT2D eigenvalue weighted by Gasteiger charge is 2.02. The minimum absolute atomic E-state index is 0.607. The van der Waals surface area contributed by atoms with Crippen LogP contribution in [0, 0.1) is 3.83 Å². The van der Waals surface area contributed by atoms with Crippen LogP contribution in [-0.2, 0) is 0 Å². The summed E-state index contributed by atoms with van der Waals surface area (Å²) in [5.74, 6) is 0. The summed E-state index contributed by atoms with van der Waals surface area (Å²) < 4.78 is 0.712. The Morgan fingerprint density at radius 3 is 1.93 bits per heavy atom. The van der Waals surface area contributed by atoms with Gasteiger partial charge in [-0.25, -0.2) is 9.97 Å². The fourth-order valence-electron chi connectivity index (χ4n) is 1.18. The third-order valence-electron chi connectivity index (χ3n) is 1.82. The van der Waals surface area contributed by atoms with Crippen molar-refractivity contribution in [1.82, 2.24) is 9.97 Å². The Hall–Kier alpha value is -0.390. The lowest BCUT2D eigenvalue weighted by Gasteiger charge is -2.02. The highest BCUT2D eigenvalue weighted by molar-refractivity contribution is 14.1. The first-order chi connectivity index (χ1) is 7.15. The van der Waals surface area contributed by atoms with E-state index in [1.807, 2.05) is 12.1 Å². The average Bonchev–Trinajstić information content (AvgIpc) is 2.17. The quantitative estimate of drug-likeness (QED) is 0.572. The highest BCUT2D eigenvalue weighted by Crippen LogP contribution is 2.26. The van der Waals surface area contributed by atoms with E-state index in [-0.39, 0.29) is 0 Å². The van der Waals surface area contributed by atoms with Gasteiger partial charge in [-0.1, -0.05) is 23.2 Å². The maximum absolute atomic E-state index is 5.90. The summed E-state index contributed by atoms with van der Waals surface area (Å²) in [6, 6.07) is 5.36. The van der Waals surface area contributed by atoms with Crippen LogP contribution in [0.2, 0.25) is 10.0 Å². The van der Waals surface area contributed by atoms with E-state index in [1.165, 1.54) is 0 Å². The van der Waals surface area contributed by atoms with E-state index in [0.717, 1.165) is 11.1 Å². The molecule has 2 nitrogen and oxygen atoms in total. The Kier molecular flexibility index (Phi) is 3.43. The zero-order chi connectivity index (χ0) is 10.8. The summed E-state index contributed by atoms with van der Waals surface area (Å²) in [6.07, 6.45) is 3.49. The molecule has 0 atom stereocenters. The van der Waals surface area contributed by atoms with Crippen LogP contribution in [0.1, 0.15) is 0 Å². The molecule has 0 spiro atoms. The van der Waals surface area contributed by atoms with Gasteiger partial charge in [0.1, 0.15) is 0 Å². The molecule has 1 heterocycles. The molecule has 0 amide bonds. The SMILES string of the molecule is Clc1cc(Cl)cc(-c2cnc(I)nc2)c1. The van der Waals surface area contributed by atoms with Gasteiger partial charge in [0.05, 0.1) is 0 Å². The molecule has 2 aromatic rings. The van der Waals surface area contributed by atoms with Gasteiger partial charge in [0.15, 0.2) is 3.83 Å². The molecule has 0 saturated carbocycles. The Morgan fingerprint density at radius 1 is 0.867 bits per heavy atom. The van der Waals surface area contributed by atoms with Gasteiger partial charge in [-0.3, -0.25) is 0 Å². The predicted octanol–water partition coefficient (Wildman–Crippen LogP) is 4.06. The Labute approximate surface area is 111 Å². The van der Waals surface area contributed by atoms with Crippen LogP contribution in [0.25, 0.3) is 11.1 Å². The lowest BCUT2D eigenvalue weighted by Crippen LogP contribution is -1.87. The summed E-state index contributed by atoms with van der Waals surface area (Å²) in [4.78, 5) is 8.21. The van der Waals surface area contributed by atoms with Crippen molar-refractivity contribution in [3.63, 3.8) is 0 Å². The minimum atomic E-state index is 0.607. The van der Waals surface area contributed by atoms with Gasteiger partial charge in [0.2, 0.25) is 0 Å². The second-order valence-corrected chi connectivity index (χ2v) is 4.74. The first-order valence-electron chi connectivity index (χ1n) is 4.09. The first-order valence-corrected chi connectivity index (χ1v) is 5.92. The van der Waals surface area contributed by atoms with Gasteiger partial charge in [0.25, 0.3) is 0 Å². The van der Waals surface area contributed by atoms with E-state index in [9.17, 15) is 0 Å². The molecule has 1 aromatic carbocycles. The molecule has 0 bridgehead atoms. The topological polar surface area (TPSA) is 25.8 Å². The van der Waals surface area contributed by atoms with Gasteiger partial charge < -0.3 is 0 Å². The van der Waals surface area contributed by atoms with Crippen molar-refractivity contribution in [2.24, 2.45) is 0 Å². The van der Waals surface area contributed by atoms with E-state index in [0.29, 0.717) is 13.9 Å². The first kappa shape index (κ1) is 11.1. The van der Waals surface area contributed by atoms with Gasteiger partial charge in [-0.2, -0.15) is 0 Å². The molecule has 76 valence electrons. The fourth-order valence-corrected chi connectivity index (χ4v) is 1.99. The summed E-state index contributed by atoms with van der Waals surface area (Å²) in [7, 11) is 0. The Bertz CT molecular complexity index is 465. The Morgan fingerprint density at radius 2 is 1.40 bits per heavy atom. The molecular formula is C10H5Cl2IN2. The molecule has 0 aliphatic carbocycles. The zero-order valence-electron chi connectivity index (χ0n) is 7.42. The summed E-state index contributed by atoms with van der Waals surface area (Å²) in [6.45, 7) is 0. The normalized spacial score (nSPS) is 10.3. The smallest absolute Gasteiger partial charge is 0.190 e. The van der Waals surface area contributed by atoms with Gasteiger partial charge in [0, 0.05) is 50.6 Å². The van der Waals surface area contributed by atoms with Crippen molar-refractivity contribution in [1.29, 1.82) is 0 Å². The molecule has 5 heteroatoms. The third-order valence-corrected chi connectivity index (χ3v) is 2.81. The number of rotatable bonds is 1. The maximum atomic E-state index is 5.90. The van der Waals surface area contributed by atoms with Gasteiger partial charge >= 0.3 is 0 Å². The van der Waals surface area contributed by atoms with Crippen LogP contribution in [0.15, 0.2) is 30.6 Å². The molecule has 0 unspecified atom stereocenters. The summed E-state index contributed by atoms with van der Waals surface area (Å²) in [5.41, 5.74) is 1.82. The minimum Gasteiger partial charge on any atom is -0.231 e. The molecule has 15 heavy (non-hydrogen) atoms. The van der Waals surface area contributed by atoms with Crippen LogP contribution in [0.3, 0.4) is 0 Å². The standard InChI is InChI=1S/C10H5Cl2IN2/c11-8-1-6(2-9(12)3-8)7-4-14-10(13)15-5-7/h1-5H. The average molecular weight is 351 g/mol. The molecule has 0 aliphatic heterocycles. The zero-order valence-corrected chi connectivity index (χ0v) is 11.1. The van der Waals surface area contributed by atoms with Crippen LogP contribution < -0.4 is 0 Å². The van der Waals surface area contributed by atoms with Crippen molar-refractivity contribution in [3.8, 4) is 11.1 Å². The number of nitrogens with zero attached hydrogens (tertiary/aromatic N) is 2. The second-order valence-electron chi connectivity index (χ2n) is 2.90. The number of hydrogen-bond acceptors (Lipinski definition) is 2. The number of aromatic nitrogens is 2. The van der Waals surface area contributed by atoms with Crippen LogP contribution in [0.5, 0.6) is 0 Å². The fraction of sp³-hybridized carbons (Fsp3) is 0. The summed E-state index contributed by atoms with van der Waals surface area (Å²) >= 11 is 13.9. The van der Waals surface area contributed by atoms with Crippen molar-refractivity contribution in [3.05, 3.63) is 44.5 Å². The van der Waals surface area contributed by atoms with E-state index in [2.05, 4.69) is 32.6 Å². The monoisotopic (exact) mass is 350 g/mol. The number of benzene rings is 1. The van der Waals surface area contributed by atoms with Crippen molar-refractivity contribution in [2.75, 3.05) is 0 Å². The largest absolute Gasteiger partial charge is 0.231 e. The molecule has 0 fully saturated rings. The molecule has 0 radical (unpaired) electrons. The van der Waals surface area contributed by atoms with Crippen LogP contribution >= 0.6 is 45.8 Å². The van der Waals surface area contributed by atoms with Gasteiger partial charge in [-0.15, -0.1) is 0 Å². The third kappa shape index (κ3) is 2.80. The second kappa shape index (κ2) is 4.63. The molecule has 2 rings (SSSR count). The van der Waals surface area contributed by atoms with E-state index >= 15 is 0 Å². The van der Waals surface area contributed by atoms with E-state index in [4.69, 9.17) is 23.2 Å². The molecule has 0 saturated heterocycles.